The first kappa shape index (κ1) is 18.5. The molecule has 0 amide bonds. The molecule has 22 heavy (non-hydrogen) atoms. The van der Waals surface area contributed by atoms with Crippen molar-refractivity contribution in [1.82, 2.24) is 15.5 Å². The van der Waals surface area contributed by atoms with Gasteiger partial charge in [0.25, 0.3) is 0 Å². The number of hydrogen-bond donors (Lipinski definition) is 2. The molecule has 0 saturated carbocycles. The quantitative estimate of drug-likeness (QED) is 0.415. The zero-order chi connectivity index (χ0) is 16.2. The molecule has 0 aliphatic rings. The second-order valence-corrected chi connectivity index (χ2v) is 5.38. The molecule has 0 saturated heterocycles. The molecule has 5 heteroatoms. The maximum absolute atomic E-state index is 5.33. The molecule has 0 unspecified atom stereocenters. The average Bonchev–Trinajstić information content (AvgIpc) is 2.49. The van der Waals surface area contributed by atoms with Gasteiger partial charge in [0.2, 0.25) is 0 Å². The molecule has 1 rings (SSSR count). The summed E-state index contributed by atoms with van der Waals surface area (Å²) in [4.78, 5) is 6.80. The zero-order valence-electron chi connectivity index (χ0n) is 14.4. The van der Waals surface area contributed by atoms with Crippen LogP contribution < -0.4 is 10.6 Å². The van der Waals surface area contributed by atoms with Gasteiger partial charge in [0.15, 0.2) is 5.96 Å². The lowest BCUT2D eigenvalue weighted by atomic mass is 10.1. The van der Waals surface area contributed by atoms with Gasteiger partial charge in [-0.2, -0.15) is 0 Å². The molecule has 0 aromatic heterocycles. The number of ether oxygens (including phenoxy) is 1. The van der Waals surface area contributed by atoms with Crippen molar-refractivity contribution in [2.45, 2.75) is 26.9 Å². The standard InChI is InChI=1S/C17H30N4O/c1-5-18-17(19-10-11-22-6-2)20-13-15-8-7-9-16(12-15)14-21(3)4/h7-9,12H,5-6,10-11,13-14H2,1-4H3,(H2,18,19,20). The molecular weight excluding hydrogens is 276 g/mol. The summed E-state index contributed by atoms with van der Waals surface area (Å²) < 4.78 is 5.33. The maximum atomic E-state index is 5.33. The molecular formula is C17H30N4O. The van der Waals surface area contributed by atoms with E-state index in [1.165, 1.54) is 11.1 Å². The summed E-state index contributed by atoms with van der Waals surface area (Å²) in [7, 11) is 4.16. The van der Waals surface area contributed by atoms with Gasteiger partial charge in [-0.25, -0.2) is 4.99 Å². The highest BCUT2D eigenvalue weighted by molar-refractivity contribution is 5.79. The minimum Gasteiger partial charge on any atom is -0.380 e. The van der Waals surface area contributed by atoms with E-state index in [1.54, 1.807) is 0 Å². The Kier molecular flexibility index (Phi) is 9.26. The van der Waals surface area contributed by atoms with Gasteiger partial charge in [0.05, 0.1) is 13.2 Å². The first-order valence-electron chi connectivity index (χ1n) is 7.98. The minimum atomic E-state index is 0.672. The number of nitrogens with one attached hydrogen (secondary N) is 2. The van der Waals surface area contributed by atoms with E-state index in [0.29, 0.717) is 13.2 Å². The van der Waals surface area contributed by atoms with Crippen molar-refractivity contribution in [2.24, 2.45) is 4.99 Å². The number of aliphatic imine (C=N–C) groups is 1. The monoisotopic (exact) mass is 306 g/mol. The van der Waals surface area contributed by atoms with Gasteiger partial charge in [0.1, 0.15) is 0 Å². The Hall–Kier alpha value is -1.59. The molecule has 2 N–H and O–H groups in total. The number of hydrogen-bond acceptors (Lipinski definition) is 3. The number of rotatable bonds is 9. The minimum absolute atomic E-state index is 0.672. The van der Waals surface area contributed by atoms with E-state index in [1.807, 2.05) is 6.92 Å². The van der Waals surface area contributed by atoms with Gasteiger partial charge in [-0.15, -0.1) is 0 Å². The Labute approximate surface area is 134 Å². The van der Waals surface area contributed by atoms with Gasteiger partial charge in [-0.05, 0) is 39.1 Å². The molecule has 0 spiro atoms. The highest BCUT2D eigenvalue weighted by atomic mass is 16.5. The predicted molar refractivity (Wildman–Crippen MR) is 93.1 cm³/mol. The molecule has 0 fully saturated rings. The van der Waals surface area contributed by atoms with Crippen molar-refractivity contribution >= 4 is 5.96 Å². The van der Waals surface area contributed by atoms with Crippen LogP contribution in [0.4, 0.5) is 0 Å². The van der Waals surface area contributed by atoms with Crippen molar-refractivity contribution in [3.05, 3.63) is 35.4 Å². The molecule has 0 aliphatic heterocycles. The molecule has 5 nitrogen and oxygen atoms in total. The lowest BCUT2D eigenvalue weighted by Crippen LogP contribution is -2.39. The third-order valence-electron chi connectivity index (χ3n) is 3.00. The van der Waals surface area contributed by atoms with E-state index in [4.69, 9.17) is 4.74 Å². The number of guanidine groups is 1. The van der Waals surface area contributed by atoms with Gasteiger partial charge in [0, 0.05) is 26.2 Å². The molecule has 124 valence electrons. The molecule has 0 radical (unpaired) electrons. The van der Waals surface area contributed by atoms with Crippen molar-refractivity contribution in [3.8, 4) is 0 Å². The molecule has 0 bridgehead atoms. The van der Waals surface area contributed by atoms with Gasteiger partial charge < -0.3 is 20.3 Å². The molecule has 0 heterocycles. The maximum Gasteiger partial charge on any atom is 0.191 e. The summed E-state index contributed by atoms with van der Waals surface area (Å²) >= 11 is 0. The Bertz CT molecular complexity index is 446. The van der Waals surface area contributed by atoms with E-state index in [-0.39, 0.29) is 0 Å². The number of nitrogens with zero attached hydrogens (tertiary/aromatic N) is 2. The SMILES string of the molecule is CCNC(=NCc1cccc(CN(C)C)c1)NCCOCC. The van der Waals surface area contributed by atoms with Crippen molar-refractivity contribution in [2.75, 3.05) is 40.4 Å². The van der Waals surface area contributed by atoms with E-state index in [0.717, 1.165) is 32.2 Å². The number of benzene rings is 1. The van der Waals surface area contributed by atoms with Crippen LogP contribution in [0.25, 0.3) is 0 Å². The van der Waals surface area contributed by atoms with Crippen LogP contribution in [-0.4, -0.2) is 51.3 Å². The van der Waals surface area contributed by atoms with E-state index in [9.17, 15) is 0 Å². The van der Waals surface area contributed by atoms with Crippen LogP contribution in [0.1, 0.15) is 25.0 Å². The van der Waals surface area contributed by atoms with Crippen LogP contribution in [0, 0.1) is 0 Å². The highest BCUT2D eigenvalue weighted by Gasteiger charge is 2.00. The van der Waals surface area contributed by atoms with Crippen molar-refractivity contribution in [1.29, 1.82) is 0 Å². The van der Waals surface area contributed by atoms with Crippen LogP contribution in [-0.2, 0) is 17.8 Å². The largest absolute Gasteiger partial charge is 0.380 e. The first-order chi connectivity index (χ1) is 10.7. The summed E-state index contributed by atoms with van der Waals surface area (Å²) in [5.41, 5.74) is 2.54. The first-order valence-corrected chi connectivity index (χ1v) is 7.98. The fourth-order valence-electron chi connectivity index (χ4n) is 2.09. The Morgan fingerprint density at radius 1 is 1.18 bits per heavy atom. The topological polar surface area (TPSA) is 48.9 Å². The lowest BCUT2D eigenvalue weighted by Gasteiger charge is -2.12. The average molecular weight is 306 g/mol. The Morgan fingerprint density at radius 2 is 1.95 bits per heavy atom. The summed E-state index contributed by atoms with van der Waals surface area (Å²) in [5, 5.41) is 6.53. The Morgan fingerprint density at radius 3 is 2.64 bits per heavy atom. The summed E-state index contributed by atoms with van der Waals surface area (Å²) in [6.07, 6.45) is 0. The van der Waals surface area contributed by atoms with Gasteiger partial charge in [-0.1, -0.05) is 24.3 Å². The third kappa shape index (κ3) is 8.00. The smallest absolute Gasteiger partial charge is 0.191 e. The molecule has 0 atom stereocenters. The zero-order valence-corrected chi connectivity index (χ0v) is 14.4. The van der Waals surface area contributed by atoms with Crippen LogP contribution in [0.15, 0.2) is 29.3 Å². The van der Waals surface area contributed by atoms with Crippen molar-refractivity contribution in [3.63, 3.8) is 0 Å². The summed E-state index contributed by atoms with van der Waals surface area (Å²) in [6, 6.07) is 8.58. The van der Waals surface area contributed by atoms with Gasteiger partial charge >= 0.3 is 0 Å². The second-order valence-electron chi connectivity index (χ2n) is 5.38. The molecule has 1 aromatic rings. The second kappa shape index (κ2) is 11.0. The van der Waals surface area contributed by atoms with E-state index < -0.39 is 0 Å². The summed E-state index contributed by atoms with van der Waals surface area (Å²) in [5.74, 6) is 0.834. The van der Waals surface area contributed by atoms with Gasteiger partial charge in [-0.3, -0.25) is 0 Å². The fourth-order valence-corrected chi connectivity index (χ4v) is 2.09. The molecule has 1 aromatic carbocycles. The molecule has 0 aliphatic carbocycles. The predicted octanol–water partition coefficient (Wildman–Crippen LogP) is 1.84. The van der Waals surface area contributed by atoms with E-state index >= 15 is 0 Å². The third-order valence-corrected chi connectivity index (χ3v) is 3.00. The highest BCUT2D eigenvalue weighted by Crippen LogP contribution is 2.08. The van der Waals surface area contributed by atoms with Crippen LogP contribution in [0.2, 0.25) is 0 Å². The van der Waals surface area contributed by atoms with Crippen LogP contribution >= 0.6 is 0 Å². The normalized spacial score (nSPS) is 11.8. The fraction of sp³-hybridized carbons (Fsp3) is 0.588. The van der Waals surface area contributed by atoms with E-state index in [2.05, 4.69) is 65.8 Å². The van der Waals surface area contributed by atoms with Crippen LogP contribution in [0.3, 0.4) is 0 Å². The summed E-state index contributed by atoms with van der Waals surface area (Å²) in [6.45, 7) is 8.74. The Balaban J connectivity index is 2.57. The lowest BCUT2D eigenvalue weighted by molar-refractivity contribution is 0.152. The van der Waals surface area contributed by atoms with Crippen molar-refractivity contribution < 1.29 is 4.74 Å². The van der Waals surface area contributed by atoms with Crippen LogP contribution in [0.5, 0.6) is 0 Å².